The molecular formula is C11H15BCl2N5O11P3-. The first kappa shape index (κ1) is 28.3. The van der Waals surface area contributed by atoms with Crippen LogP contribution in [-0.4, -0.2) is 54.4 Å². The number of rotatable bonds is 9. The molecule has 1 aromatic rings. The van der Waals surface area contributed by atoms with Crippen LogP contribution >= 0.6 is 45.9 Å². The third kappa shape index (κ3) is 6.40. The number of nitrogens with one attached hydrogen (secondary N) is 1. The van der Waals surface area contributed by atoms with Crippen LogP contribution in [0.25, 0.3) is 10.4 Å². The van der Waals surface area contributed by atoms with Crippen LogP contribution in [0.3, 0.4) is 0 Å². The molecule has 183 valence electrons. The van der Waals surface area contributed by atoms with Crippen molar-refractivity contribution >= 4 is 53.4 Å². The maximum atomic E-state index is 12.3. The van der Waals surface area contributed by atoms with Crippen LogP contribution in [0.4, 0.5) is 0 Å². The predicted octanol–water partition coefficient (Wildman–Crippen LogP) is 1.57. The highest BCUT2D eigenvalue weighted by atomic mass is 35.5. The van der Waals surface area contributed by atoms with Crippen LogP contribution in [-0.2, 0) is 27.3 Å². The molecule has 1 aromatic heterocycles. The van der Waals surface area contributed by atoms with Crippen molar-refractivity contribution in [1.82, 2.24) is 9.55 Å². The number of H-pyrrole nitrogens is 1. The van der Waals surface area contributed by atoms with Crippen molar-refractivity contribution < 1.29 is 41.9 Å². The Morgan fingerprint density at radius 2 is 2.00 bits per heavy atom. The van der Waals surface area contributed by atoms with E-state index in [2.05, 4.69) is 19.3 Å². The fraction of sp³-hybridized carbons (Fsp3) is 0.636. The minimum absolute atomic E-state index is 0.0949. The van der Waals surface area contributed by atoms with Crippen molar-refractivity contribution in [2.24, 2.45) is 5.11 Å². The van der Waals surface area contributed by atoms with Crippen molar-refractivity contribution in [3.63, 3.8) is 0 Å². The lowest BCUT2D eigenvalue weighted by Gasteiger charge is -2.33. The van der Waals surface area contributed by atoms with E-state index in [9.17, 15) is 28.2 Å². The molecule has 1 saturated heterocycles. The number of aromatic amines is 1. The topological polar surface area (TPSA) is 243 Å². The molecule has 33 heavy (non-hydrogen) atoms. The smallest absolute Gasteiger partial charge is 0.381 e. The molecule has 5 atom stereocenters. The van der Waals surface area contributed by atoms with E-state index in [0.717, 1.165) is 4.57 Å². The van der Waals surface area contributed by atoms with Crippen LogP contribution in [0.2, 0.25) is 0 Å². The van der Waals surface area contributed by atoms with E-state index in [1.54, 1.807) is 0 Å². The van der Waals surface area contributed by atoms with Gasteiger partial charge in [-0.2, -0.15) is 0 Å². The lowest BCUT2D eigenvalue weighted by atomic mass is 10.1. The van der Waals surface area contributed by atoms with Crippen LogP contribution in [0, 0.1) is 6.92 Å². The van der Waals surface area contributed by atoms with Gasteiger partial charge in [0.2, 0.25) is 0 Å². The summed E-state index contributed by atoms with van der Waals surface area (Å²) in [4.78, 5) is 56.0. The van der Waals surface area contributed by atoms with E-state index in [4.69, 9.17) is 55.3 Å². The Morgan fingerprint density at radius 1 is 1.39 bits per heavy atom. The van der Waals surface area contributed by atoms with Crippen molar-refractivity contribution in [3.05, 3.63) is 43.0 Å². The van der Waals surface area contributed by atoms with Crippen molar-refractivity contribution in [2.75, 3.05) is 6.61 Å². The van der Waals surface area contributed by atoms with Gasteiger partial charge in [-0.05, 0) is 12.5 Å². The summed E-state index contributed by atoms with van der Waals surface area (Å²) in [7, 11) is -11.3. The second-order valence-corrected chi connectivity index (χ2v) is 14.8. The van der Waals surface area contributed by atoms with Gasteiger partial charge in [0.05, 0.1) is 26.2 Å². The van der Waals surface area contributed by atoms with Gasteiger partial charge in [-0.3, -0.25) is 27.8 Å². The number of hydrogen-bond donors (Lipinski definition) is 4. The zero-order valence-corrected chi connectivity index (χ0v) is 20.5. The first-order valence-corrected chi connectivity index (χ1v) is 14.0. The third-order valence-corrected chi connectivity index (χ3v) is 12.0. The summed E-state index contributed by atoms with van der Waals surface area (Å²) in [6.45, 7) is 0.633. The summed E-state index contributed by atoms with van der Waals surface area (Å²) < 4.78 is 47.3. The number of halogens is 2. The Balaban J connectivity index is 2.19. The number of aryl methyl sites for hydroxylation is 1. The average molecular weight is 568 g/mol. The molecule has 2 rings (SSSR count). The zero-order chi connectivity index (χ0) is 25.4. The van der Waals surface area contributed by atoms with Gasteiger partial charge < -0.3 is 36.1 Å². The Morgan fingerprint density at radius 3 is 2.55 bits per heavy atom. The van der Waals surface area contributed by atoms with Gasteiger partial charge in [-0.1, -0.05) is 28.3 Å². The first-order chi connectivity index (χ1) is 14.9. The van der Waals surface area contributed by atoms with Gasteiger partial charge in [-0.25, -0.2) is 4.79 Å². The van der Waals surface area contributed by atoms with Crippen molar-refractivity contribution in [3.8, 4) is 0 Å². The van der Waals surface area contributed by atoms with E-state index in [0.29, 0.717) is 0 Å². The molecule has 4 N–H and O–H groups in total. The normalized spacial score (nSPS) is 25.1. The van der Waals surface area contributed by atoms with Crippen LogP contribution in [0.5, 0.6) is 0 Å². The molecule has 0 amide bonds. The predicted molar refractivity (Wildman–Crippen MR) is 114 cm³/mol. The molecule has 0 aliphatic carbocycles. The fourth-order valence-electron chi connectivity index (χ4n) is 2.59. The van der Waals surface area contributed by atoms with Gasteiger partial charge >= 0.3 is 24.7 Å². The Hall–Kier alpha value is -0.915. The van der Waals surface area contributed by atoms with Crippen molar-refractivity contribution in [1.29, 1.82) is 0 Å². The third-order valence-electron chi connectivity index (χ3n) is 4.19. The minimum atomic E-state index is -5.75. The second kappa shape index (κ2) is 9.98. The number of alkyl halides is 2. The van der Waals surface area contributed by atoms with E-state index >= 15 is 0 Å². The number of nitrogens with zero attached hydrogens (tertiary/aromatic N) is 4. The molecule has 0 bridgehead atoms. The summed E-state index contributed by atoms with van der Waals surface area (Å²) in [5.74, 6) is 0. The maximum Gasteiger partial charge on any atom is 0.381 e. The second-order valence-electron chi connectivity index (χ2n) is 6.61. The minimum Gasteiger partial charge on any atom is -0.443 e. The summed E-state index contributed by atoms with van der Waals surface area (Å²) in [5, 5.41) is 3.46. The fourth-order valence-corrected chi connectivity index (χ4v) is 6.96. The lowest BCUT2D eigenvalue weighted by molar-refractivity contribution is -0.0230. The number of azide groups is 1. The molecule has 1 fully saturated rings. The molecule has 1 aliphatic rings. The Labute approximate surface area is 195 Å². The largest absolute Gasteiger partial charge is 0.443 e. The van der Waals surface area contributed by atoms with Gasteiger partial charge in [0.1, 0.15) is 6.23 Å². The highest BCUT2D eigenvalue weighted by Gasteiger charge is 2.60. The van der Waals surface area contributed by atoms with Crippen LogP contribution in [0.1, 0.15) is 18.2 Å². The molecule has 2 heterocycles. The Kier molecular flexibility index (Phi) is 8.57. The van der Waals surface area contributed by atoms with Gasteiger partial charge in [0, 0.05) is 23.1 Å². The molecule has 22 heteroatoms. The number of aromatic nitrogens is 2. The van der Waals surface area contributed by atoms with Gasteiger partial charge in [0.15, 0.2) is 0 Å². The lowest BCUT2D eigenvalue weighted by Crippen LogP contribution is -2.33. The van der Waals surface area contributed by atoms with E-state index in [-0.39, 0.29) is 12.0 Å². The molecule has 3 radical (unpaired) electrons. The SMILES string of the molecule is [B-][P@](=O)(OC[C@H]1O[C@@H](n2cc(C)c(=O)[nH]c2=O)C[C@@H]1N=[N+]=[N-])OP(=O)(O)C(Cl)(Cl)P(=O)(O)O. The summed E-state index contributed by atoms with van der Waals surface area (Å²) >= 11 is 10.4. The molecule has 16 nitrogen and oxygen atoms in total. The highest BCUT2D eigenvalue weighted by molar-refractivity contribution is 7.88. The van der Waals surface area contributed by atoms with Crippen LogP contribution in [0.15, 0.2) is 20.9 Å². The van der Waals surface area contributed by atoms with E-state index < -0.39 is 62.7 Å². The Bertz CT molecular complexity index is 1230. The first-order valence-electron chi connectivity index (χ1n) is 8.44. The molecule has 1 unspecified atom stereocenters. The highest BCUT2D eigenvalue weighted by Crippen LogP contribution is 2.79. The number of ether oxygens (including phenoxy) is 1. The van der Waals surface area contributed by atoms with Crippen molar-refractivity contribution in [2.45, 2.75) is 35.5 Å². The zero-order valence-electron chi connectivity index (χ0n) is 16.3. The molecule has 1 aliphatic heterocycles. The quantitative estimate of drug-likeness (QED) is 0.0832. The summed E-state index contributed by atoms with van der Waals surface area (Å²) in [6.07, 6.45) is -1.18. The standard InChI is InChI=1S/C11H15BCl2N5O11P3/c1-5-3-19(10(21)16-9(5)20)8-2-6(17-18-15)7(29-8)4-28-33(12,27)30-32(25,26)11(13,14)31(22,23)24/h3,6-8H,2,4H2,1H3,(H,25,26)(H,16,20,21)(H2,22,23,24)/q-1/t6-,7+,8+,33-/m0/s1. The summed E-state index contributed by atoms with van der Waals surface area (Å²) in [6, 6.07) is -1.02. The van der Waals surface area contributed by atoms with Crippen LogP contribution < -0.4 is 11.2 Å². The molecule has 0 aromatic carbocycles. The molecular weight excluding hydrogens is 553 g/mol. The molecule has 0 spiro atoms. The monoisotopic (exact) mass is 567 g/mol. The average Bonchev–Trinajstić information content (AvgIpc) is 3.04. The van der Waals surface area contributed by atoms with Gasteiger partial charge in [0.25, 0.3) is 5.56 Å². The van der Waals surface area contributed by atoms with E-state index in [1.165, 1.54) is 13.1 Å². The summed E-state index contributed by atoms with van der Waals surface area (Å²) in [5.41, 5.74) is 7.47. The molecule has 0 saturated carbocycles. The van der Waals surface area contributed by atoms with E-state index in [1.807, 2.05) is 0 Å². The number of hydrogen-bond acceptors (Lipinski definition) is 9. The van der Waals surface area contributed by atoms with Gasteiger partial charge in [-0.15, -0.1) is 0 Å². The maximum absolute atomic E-state index is 12.3.